The summed E-state index contributed by atoms with van der Waals surface area (Å²) >= 11 is 6.08. The van der Waals surface area contributed by atoms with Crippen molar-refractivity contribution in [3.63, 3.8) is 0 Å². The number of nitrogens with one attached hydrogen (secondary N) is 1. The number of nitrogens with zero attached hydrogens (tertiary/aromatic N) is 3. The first-order valence-electron chi connectivity index (χ1n) is 8.95. The van der Waals surface area contributed by atoms with E-state index >= 15 is 0 Å². The van der Waals surface area contributed by atoms with Gasteiger partial charge < -0.3 is 10.2 Å². The number of fused-ring (bicyclic) bond motifs is 1. The number of hydrogen-bond acceptors (Lipinski definition) is 4. The van der Waals surface area contributed by atoms with Crippen LogP contribution in [0.1, 0.15) is 19.8 Å². The van der Waals surface area contributed by atoms with Crippen molar-refractivity contribution in [1.82, 2.24) is 15.2 Å². The molecule has 1 aromatic carbocycles. The number of hydrogen-bond donors (Lipinski definition) is 1. The van der Waals surface area contributed by atoms with Crippen LogP contribution in [0.25, 0.3) is 10.9 Å². The molecule has 1 saturated heterocycles. The fourth-order valence-corrected chi connectivity index (χ4v) is 3.61. The molecule has 2 fully saturated rings. The minimum absolute atomic E-state index is 0.0595. The van der Waals surface area contributed by atoms with Crippen LogP contribution in [0.3, 0.4) is 0 Å². The quantitative estimate of drug-likeness (QED) is 0.912. The highest BCUT2D eigenvalue weighted by Crippen LogP contribution is 2.28. The lowest BCUT2D eigenvalue weighted by molar-refractivity contribution is -0.126. The van der Waals surface area contributed by atoms with Gasteiger partial charge in [-0.25, -0.2) is 0 Å². The Kier molecular flexibility index (Phi) is 4.52. The first-order chi connectivity index (χ1) is 12.1. The van der Waals surface area contributed by atoms with Gasteiger partial charge in [-0.15, -0.1) is 0 Å². The Morgan fingerprint density at radius 3 is 2.72 bits per heavy atom. The molecule has 25 heavy (non-hydrogen) atoms. The predicted molar refractivity (Wildman–Crippen MR) is 101 cm³/mol. The van der Waals surface area contributed by atoms with Gasteiger partial charge in [-0.05, 0) is 44.0 Å². The maximum absolute atomic E-state index is 12.3. The summed E-state index contributed by atoms with van der Waals surface area (Å²) in [6, 6.07) is 8.28. The van der Waals surface area contributed by atoms with E-state index in [4.69, 9.17) is 11.6 Å². The molecule has 1 atom stereocenters. The Bertz CT molecular complexity index is 784. The molecule has 1 amide bonds. The number of amides is 1. The van der Waals surface area contributed by atoms with Crippen LogP contribution in [0.2, 0.25) is 5.02 Å². The molecule has 1 aliphatic heterocycles. The van der Waals surface area contributed by atoms with Gasteiger partial charge in [-0.1, -0.05) is 11.6 Å². The van der Waals surface area contributed by atoms with E-state index < -0.39 is 0 Å². The number of anilines is 1. The van der Waals surface area contributed by atoms with E-state index in [1.54, 1.807) is 0 Å². The molecule has 0 spiro atoms. The number of benzene rings is 1. The number of aromatic nitrogens is 1. The van der Waals surface area contributed by atoms with Crippen molar-refractivity contribution in [1.29, 1.82) is 0 Å². The second-order valence-electron chi connectivity index (χ2n) is 6.97. The number of carbonyl (C=O) groups is 1. The lowest BCUT2D eigenvalue weighted by atomic mass is 10.1. The second kappa shape index (κ2) is 6.81. The van der Waals surface area contributed by atoms with Crippen LogP contribution < -0.4 is 10.2 Å². The number of halogens is 1. The third kappa shape index (κ3) is 3.58. The molecule has 4 rings (SSSR count). The third-order valence-electron chi connectivity index (χ3n) is 5.19. The highest BCUT2D eigenvalue weighted by atomic mass is 35.5. The SMILES string of the molecule is C[C@@H](C(=O)NC1CC1)N1CCN(c2ccnc3cc(Cl)ccc23)CC1. The van der Waals surface area contributed by atoms with Crippen LogP contribution in [-0.4, -0.2) is 54.1 Å². The van der Waals surface area contributed by atoms with Gasteiger partial charge >= 0.3 is 0 Å². The van der Waals surface area contributed by atoms with Crippen LogP contribution in [-0.2, 0) is 4.79 Å². The second-order valence-corrected chi connectivity index (χ2v) is 7.41. The largest absolute Gasteiger partial charge is 0.368 e. The minimum atomic E-state index is -0.0595. The first-order valence-corrected chi connectivity index (χ1v) is 9.33. The van der Waals surface area contributed by atoms with Crippen LogP contribution in [0.4, 0.5) is 5.69 Å². The fourth-order valence-electron chi connectivity index (χ4n) is 3.45. The molecule has 0 bridgehead atoms. The normalized spacial score (nSPS) is 19.8. The van der Waals surface area contributed by atoms with Crippen LogP contribution in [0, 0.1) is 0 Å². The number of pyridine rings is 1. The van der Waals surface area contributed by atoms with E-state index in [1.165, 1.54) is 5.69 Å². The van der Waals surface area contributed by atoms with Crippen LogP contribution in [0.15, 0.2) is 30.5 Å². The Hall–Kier alpha value is -1.85. The zero-order chi connectivity index (χ0) is 17.4. The number of rotatable bonds is 4. The Morgan fingerprint density at radius 1 is 1.24 bits per heavy atom. The van der Waals surface area contributed by atoms with Crippen molar-refractivity contribution in [3.05, 3.63) is 35.5 Å². The molecule has 0 radical (unpaired) electrons. The molecule has 1 N–H and O–H groups in total. The van der Waals surface area contributed by atoms with E-state index in [9.17, 15) is 4.79 Å². The molecular formula is C19H23ClN4O. The highest BCUT2D eigenvalue weighted by molar-refractivity contribution is 6.31. The molecule has 2 aromatic rings. The van der Waals surface area contributed by atoms with Crippen molar-refractivity contribution in [2.45, 2.75) is 31.8 Å². The van der Waals surface area contributed by atoms with Gasteiger partial charge in [0.25, 0.3) is 0 Å². The van der Waals surface area contributed by atoms with Gasteiger partial charge in [-0.3, -0.25) is 14.7 Å². The zero-order valence-corrected chi connectivity index (χ0v) is 15.2. The molecule has 1 aromatic heterocycles. The monoisotopic (exact) mass is 358 g/mol. The van der Waals surface area contributed by atoms with Crippen LogP contribution >= 0.6 is 11.6 Å². The molecular weight excluding hydrogens is 336 g/mol. The van der Waals surface area contributed by atoms with Gasteiger partial charge in [-0.2, -0.15) is 0 Å². The average Bonchev–Trinajstić information content (AvgIpc) is 3.44. The Labute approximate surface area is 153 Å². The van der Waals surface area contributed by atoms with Crippen molar-refractivity contribution in [2.75, 3.05) is 31.1 Å². The minimum Gasteiger partial charge on any atom is -0.368 e. The third-order valence-corrected chi connectivity index (χ3v) is 5.42. The fraction of sp³-hybridized carbons (Fsp3) is 0.474. The summed E-state index contributed by atoms with van der Waals surface area (Å²) in [4.78, 5) is 21.3. The summed E-state index contributed by atoms with van der Waals surface area (Å²) < 4.78 is 0. The van der Waals surface area contributed by atoms with Crippen molar-refractivity contribution >= 4 is 34.1 Å². The summed E-state index contributed by atoms with van der Waals surface area (Å²) in [5.41, 5.74) is 2.11. The molecule has 2 aliphatic rings. The smallest absolute Gasteiger partial charge is 0.237 e. The summed E-state index contributed by atoms with van der Waals surface area (Å²) in [6.07, 6.45) is 4.10. The molecule has 5 nitrogen and oxygen atoms in total. The van der Waals surface area contributed by atoms with E-state index in [-0.39, 0.29) is 11.9 Å². The lowest BCUT2D eigenvalue weighted by Crippen LogP contribution is -2.54. The highest BCUT2D eigenvalue weighted by Gasteiger charge is 2.30. The molecule has 132 valence electrons. The van der Waals surface area contributed by atoms with E-state index in [0.29, 0.717) is 11.1 Å². The molecule has 2 heterocycles. The van der Waals surface area contributed by atoms with E-state index in [2.05, 4.69) is 26.2 Å². The maximum Gasteiger partial charge on any atom is 0.237 e. The topological polar surface area (TPSA) is 48.5 Å². The summed E-state index contributed by atoms with van der Waals surface area (Å²) in [5, 5.41) is 4.94. The van der Waals surface area contributed by atoms with Crippen molar-refractivity contribution in [3.8, 4) is 0 Å². The first kappa shape index (κ1) is 16.6. The number of carbonyl (C=O) groups excluding carboxylic acids is 1. The van der Waals surface area contributed by atoms with Gasteiger partial charge in [0.1, 0.15) is 0 Å². The molecule has 0 unspecified atom stereocenters. The predicted octanol–water partition coefficient (Wildman–Crippen LogP) is 2.68. The Balaban J connectivity index is 1.44. The van der Waals surface area contributed by atoms with Crippen molar-refractivity contribution in [2.24, 2.45) is 0 Å². The standard InChI is InChI=1S/C19H23ClN4O/c1-13(19(25)22-15-3-4-15)23-8-10-24(11-9-23)18-6-7-21-17-12-14(20)2-5-16(17)18/h2,5-7,12-13,15H,3-4,8-11H2,1H3,(H,22,25)/t13-/m0/s1. The van der Waals surface area contributed by atoms with Gasteiger partial charge in [0.2, 0.25) is 5.91 Å². The number of piperazine rings is 1. The average molecular weight is 359 g/mol. The van der Waals surface area contributed by atoms with Gasteiger partial charge in [0.15, 0.2) is 0 Å². The van der Waals surface area contributed by atoms with E-state index in [1.807, 2.05) is 31.3 Å². The summed E-state index contributed by atoms with van der Waals surface area (Å²) in [6.45, 7) is 5.59. The van der Waals surface area contributed by atoms with Crippen LogP contribution in [0.5, 0.6) is 0 Å². The summed E-state index contributed by atoms with van der Waals surface area (Å²) in [7, 11) is 0. The molecule has 6 heteroatoms. The van der Waals surface area contributed by atoms with Crippen molar-refractivity contribution < 1.29 is 4.79 Å². The van der Waals surface area contributed by atoms with Gasteiger partial charge in [0, 0.05) is 54.5 Å². The Morgan fingerprint density at radius 2 is 2.00 bits per heavy atom. The molecule has 1 aliphatic carbocycles. The van der Waals surface area contributed by atoms with Gasteiger partial charge in [0.05, 0.1) is 11.6 Å². The zero-order valence-electron chi connectivity index (χ0n) is 14.4. The lowest BCUT2D eigenvalue weighted by Gasteiger charge is -2.38. The maximum atomic E-state index is 12.3. The van der Waals surface area contributed by atoms with E-state index in [0.717, 1.165) is 49.9 Å². The molecule has 1 saturated carbocycles. The summed E-state index contributed by atoms with van der Waals surface area (Å²) in [5.74, 6) is 0.167.